The Balaban J connectivity index is 0.000000176. The zero-order valence-corrected chi connectivity index (χ0v) is 53.9. The lowest BCUT2D eigenvalue weighted by Crippen LogP contribution is -2.32. The third-order valence-electron chi connectivity index (χ3n) is 18.0. The highest BCUT2D eigenvalue weighted by Gasteiger charge is 2.55. The first kappa shape index (κ1) is 66.4. The fourth-order valence-electron chi connectivity index (χ4n) is 14.6. The van der Waals surface area contributed by atoms with Crippen molar-refractivity contribution in [3.63, 3.8) is 0 Å². The molecule has 0 aromatic heterocycles. The number of ether oxygens (including phenoxy) is 8. The van der Waals surface area contributed by atoms with Crippen LogP contribution in [0.2, 0.25) is 0 Å². The van der Waals surface area contributed by atoms with Gasteiger partial charge in [-0.25, -0.2) is 0 Å². The normalized spacial score (nSPS) is 12.9. The summed E-state index contributed by atoms with van der Waals surface area (Å²) in [4.78, 5) is 0. The molecule has 0 heterocycles. The number of rotatable bonds is 28. The van der Waals surface area contributed by atoms with Gasteiger partial charge in [-0.2, -0.15) is 0 Å². The van der Waals surface area contributed by atoms with Gasteiger partial charge in [0.25, 0.3) is 0 Å². The zero-order chi connectivity index (χ0) is 67.6. The Kier molecular flexibility index (Phi) is 20.3. The smallest absolute Gasteiger partial charge is 0.135 e. The van der Waals surface area contributed by atoms with Crippen molar-refractivity contribution in [3.05, 3.63) is 263 Å². The summed E-state index contributed by atoms with van der Waals surface area (Å²) < 4.78 is 52.3. The molecule has 14 rings (SSSR count). The molecule has 16 heteroatoms. The van der Waals surface area contributed by atoms with E-state index in [1.54, 1.807) is 0 Å². The van der Waals surface area contributed by atoms with E-state index in [4.69, 9.17) is 37.9 Å². The van der Waals surface area contributed by atoms with Crippen molar-refractivity contribution >= 4 is 43.1 Å². The second kappa shape index (κ2) is 30.0. The lowest BCUT2D eigenvalue weighted by Gasteiger charge is -2.38. The summed E-state index contributed by atoms with van der Waals surface area (Å²) in [6, 6.07) is 71.8. The number of fused-ring (bicyclic) bond motifs is 10. The van der Waals surface area contributed by atoms with Gasteiger partial charge in [0, 0.05) is 21.5 Å². The number of aliphatic hydroxyl groups is 8. The SMILES string of the molecule is OCCOc1cc2ccccc2c(OCCO)c1C1(c2c(OCCO)cc3ccccc3c2OCCO)c2ccccc2-c2ccccc21.OCCOc1cc2ccccc2c(OCCO)c1C1(c2c(OCCO)cc3ccccc3c2OCCO)c2ccccc2-c2ccccc21. The van der Waals surface area contributed by atoms with E-state index in [0.29, 0.717) is 68.2 Å². The number of hydrogen-bond donors (Lipinski definition) is 8. The lowest BCUT2D eigenvalue weighted by molar-refractivity contribution is 0.188. The van der Waals surface area contributed by atoms with Gasteiger partial charge in [-0.3, -0.25) is 0 Å². The Morgan fingerprint density at radius 3 is 0.612 bits per heavy atom. The molecule has 0 bridgehead atoms. The van der Waals surface area contributed by atoms with Gasteiger partial charge in [0.05, 0.1) is 85.9 Å². The van der Waals surface area contributed by atoms with Gasteiger partial charge in [0.1, 0.15) is 98.9 Å². The lowest BCUT2D eigenvalue weighted by atomic mass is 9.65. The molecule has 0 aliphatic heterocycles. The van der Waals surface area contributed by atoms with E-state index in [0.717, 1.165) is 87.6 Å². The van der Waals surface area contributed by atoms with Crippen LogP contribution in [0.3, 0.4) is 0 Å². The summed E-state index contributed by atoms with van der Waals surface area (Å²) in [5.74, 6) is 3.90. The molecule has 12 aromatic carbocycles. The van der Waals surface area contributed by atoms with E-state index < -0.39 is 10.8 Å². The van der Waals surface area contributed by atoms with Crippen LogP contribution in [0.4, 0.5) is 0 Å². The van der Waals surface area contributed by atoms with Crippen LogP contribution in [0, 0.1) is 0 Å². The third-order valence-corrected chi connectivity index (χ3v) is 18.0. The first-order chi connectivity index (χ1) is 48.4. The molecular formula is C82H76O16. The molecule has 2 aliphatic carbocycles. The second-order valence-corrected chi connectivity index (χ2v) is 23.5. The molecule has 0 unspecified atom stereocenters. The molecule has 0 fully saturated rings. The minimum atomic E-state index is -1.23. The average molecular weight is 1320 g/mol. The quantitative estimate of drug-likeness (QED) is 0.0228. The number of hydrogen-bond acceptors (Lipinski definition) is 16. The fraction of sp³-hybridized carbons (Fsp3) is 0.220. The molecule has 8 N–H and O–H groups in total. The predicted molar refractivity (Wildman–Crippen MR) is 378 cm³/mol. The molecule has 16 nitrogen and oxygen atoms in total. The van der Waals surface area contributed by atoms with Crippen LogP contribution in [0.15, 0.2) is 218 Å². The van der Waals surface area contributed by atoms with Crippen molar-refractivity contribution < 1.29 is 78.7 Å². The summed E-state index contributed by atoms with van der Waals surface area (Å²) in [6.07, 6.45) is 0. The van der Waals surface area contributed by atoms with Gasteiger partial charge in [0.15, 0.2) is 0 Å². The number of aliphatic hydroxyl groups excluding tert-OH is 8. The Bertz CT molecular complexity index is 4210. The van der Waals surface area contributed by atoms with E-state index >= 15 is 0 Å². The van der Waals surface area contributed by atoms with Crippen molar-refractivity contribution in [3.8, 4) is 68.2 Å². The zero-order valence-electron chi connectivity index (χ0n) is 53.9. The maximum Gasteiger partial charge on any atom is 0.135 e. The maximum atomic E-state index is 10.1. The van der Waals surface area contributed by atoms with E-state index in [2.05, 4.69) is 48.5 Å². The Morgan fingerprint density at radius 1 is 0.214 bits per heavy atom. The molecule has 0 spiro atoms. The summed E-state index contributed by atoms with van der Waals surface area (Å²) >= 11 is 0. The minimum absolute atomic E-state index is 0.0132. The van der Waals surface area contributed by atoms with E-state index in [9.17, 15) is 40.9 Å². The topological polar surface area (TPSA) is 236 Å². The third kappa shape index (κ3) is 11.7. The Hall–Kier alpha value is -10.2. The van der Waals surface area contributed by atoms with Gasteiger partial charge in [-0.1, -0.05) is 194 Å². The van der Waals surface area contributed by atoms with Crippen LogP contribution in [0.5, 0.6) is 46.0 Å². The van der Waals surface area contributed by atoms with Gasteiger partial charge in [0.2, 0.25) is 0 Å². The summed E-state index contributed by atoms with van der Waals surface area (Å²) in [5, 5.41) is 87.1. The van der Waals surface area contributed by atoms with Crippen molar-refractivity contribution in [2.75, 3.05) is 106 Å². The predicted octanol–water partition coefficient (Wildman–Crippen LogP) is 11.7. The van der Waals surface area contributed by atoms with Gasteiger partial charge in [-0.15, -0.1) is 0 Å². The van der Waals surface area contributed by atoms with Crippen molar-refractivity contribution in [1.82, 2.24) is 0 Å². The van der Waals surface area contributed by atoms with Gasteiger partial charge < -0.3 is 78.7 Å². The molecule has 0 saturated heterocycles. The van der Waals surface area contributed by atoms with E-state index in [1.807, 2.05) is 170 Å². The molecule has 500 valence electrons. The summed E-state index contributed by atoms with van der Waals surface area (Å²) in [5.41, 5.74) is 7.70. The van der Waals surface area contributed by atoms with Gasteiger partial charge >= 0.3 is 0 Å². The molecule has 0 saturated carbocycles. The largest absolute Gasteiger partial charge is 0.491 e. The van der Waals surface area contributed by atoms with Crippen LogP contribution in [-0.4, -0.2) is 147 Å². The molecule has 98 heavy (non-hydrogen) atoms. The van der Waals surface area contributed by atoms with Crippen LogP contribution < -0.4 is 37.9 Å². The Morgan fingerprint density at radius 2 is 0.398 bits per heavy atom. The highest BCUT2D eigenvalue weighted by molar-refractivity contribution is 6.02. The summed E-state index contributed by atoms with van der Waals surface area (Å²) in [7, 11) is 0. The first-order valence-electron chi connectivity index (χ1n) is 32.9. The van der Waals surface area contributed by atoms with Crippen molar-refractivity contribution in [2.24, 2.45) is 0 Å². The monoisotopic (exact) mass is 1320 g/mol. The molecule has 2 aliphatic rings. The van der Waals surface area contributed by atoms with Crippen LogP contribution in [-0.2, 0) is 10.8 Å². The van der Waals surface area contributed by atoms with E-state index in [1.165, 1.54) is 0 Å². The molecule has 0 radical (unpaired) electrons. The molecule has 0 atom stereocenters. The fourth-order valence-corrected chi connectivity index (χ4v) is 14.6. The first-order valence-corrected chi connectivity index (χ1v) is 32.9. The standard InChI is InChI=1S/2C41H38O8/c2*42-17-21-46-35-25-27-9-1-3-11-29(27)39(48-23-19-44)37(35)41(33-15-7-5-13-31(33)32-14-6-8-16-34(32)41)38-36(47-22-18-43)26-28-10-2-4-12-30(28)40(38)49-24-20-45/h2*1-16,25-26,42-45H,17-24H2. The maximum absolute atomic E-state index is 10.1. The highest BCUT2D eigenvalue weighted by atomic mass is 16.5. The molecule has 12 aromatic rings. The highest BCUT2D eigenvalue weighted by Crippen LogP contribution is 2.67. The van der Waals surface area contributed by atoms with Crippen molar-refractivity contribution in [2.45, 2.75) is 10.8 Å². The van der Waals surface area contributed by atoms with Crippen LogP contribution >= 0.6 is 0 Å². The van der Waals surface area contributed by atoms with Crippen LogP contribution in [0.25, 0.3) is 65.3 Å². The van der Waals surface area contributed by atoms with Gasteiger partial charge in [-0.05, 0) is 90.3 Å². The Labute approximate surface area is 566 Å². The second-order valence-electron chi connectivity index (χ2n) is 23.5. The minimum Gasteiger partial charge on any atom is -0.491 e. The van der Waals surface area contributed by atoms with Crippen molar-refractivity contribution in [1.29, 1.82) is 0 Å². The summed E-state index contributed by atoms with van der Waals surface area (Å²) in [6.45, 7) is -1.63. The van der Waals surface area contributed by atoms with E-state index in [-0.39, 0.29) is 106 Å². The van der Waals surface area contributed by atoms with Crippen LogP contribution in [0.1, 0.15) is 44.5 Å². The number of benzene rings is 12. The average Bonchev–Trinajstić information content (AvgIpc) is 1.53. The molecule has 0 amide bonds. The molecular weight excluding hydrogens is 1240 g/mol.